The molecule has 1 atom stereocenters. The molecule has 3 N–H and O–H groups in total. The van der Waals surface area contributed by atoms with Gasteiger partial charge in [0.25, 0.3) is 5.91 Å². The second-order valence-corrected chi connectivity index (χ2v) is 8.81. The second kappa shape index (κ2) is 10.3. The van der Waals surface area contributed by atoms with Gasteiger partial charge in [0, 0.05) is 71.8 Å². The van der Waals surface area contributed by atoms with Crippen LogP contribution in [0.5, 0.6) is 0 Å². The first-order valence-electron chi connectivity index (χ1n) is 11.4. The standard InChI is InChI=1S/C22H32N8O3/c1-15(31)30-7-3-16(4-8-30)27-21-9-19(24-13-25-21)22(33)23-10-17(32)11-29-6-5-18-20(12-29)28(2)14-26-18/h9,13-14,16-17,32H,3-8,10-12H2,1-2H3,(H,23,33)(H,24,25,27). The Bertz CT molecular complexity index is 986. The Morgan fingerprint density at radius 2 is 2.00 bits per heavy atom. The minimum atomic E-state index is -0.686. The van der Waals surface area contributed by atoms with Gasteiger partial charge in [-0.3, -0.25) is 14.5 Å². The number of hydrogen-bond donors (Lipinski definition) is 3. The van der Waals surface area contributed by atoms with Crippen molar-refractivity contribution in [2.45, 2.75) is 44.9 Å². The Hall–Kier alpha value is -3.05. The number of piperidine rings is 1. The van der Waals surface area contributed by atoms with Crippen LogP contribution >= 0.6 is 0 Å². The molecule has 0 saturated carbocycles. The van der Waals surface area contributed by atoms with E-state index in [2.05, 4.69) is 30.5 Å². The van der Waals surface area contributed by atoms with Gasteiger partial charge in [-0.15, -0.1) is 0 Å². The van der Waals surface area contributed by atoms with Crippen molar-refractivity contribution in [3.05, 3.63) is 35.8 Å². The highest BCUT2D eigenvalue weighted by molar-refractivity contribution is 5.92. The first-order chi connectivity index (χ1) is 15.9. The number of likely N-dealkylation sites (tertiary alicyclic amines) is 1. The Labute approximate surface area is 193 Å². The molecule has 2 aliphatic rings. The van der Waals surface area contributed by atoms with E-state index in [1.54, 1.807) is 13.0 Å². The van der Waals surface area contributed by atoms with Gasteiger partial charge in [0.15, 0.2) is 0 Å². The average Bonchev–Trinajstić information content (AvgIpc) is 3.18. The molecule has 1 unspecified atom stereocenters. The normalized spacial score (nSPS) is 18.0. The fraction of sp³-hybridized carbons (Fsp3) is 0.591. The third-order valence-corrected chi connectivity index (χ3v) is 6.34. The number of imidazole rings is 1. The van der Waals surface area contributed by atoms with Crippen LogP contribution in [0.3, 0.4) is 0 Å². The molecule has 2 amide bonds. The smallest absolute Gasteiger partial charge is 0.270 e. The van der Waals surface area contributed by atoms with Crippen molar-refractivity contribution in [3.63, 3.8) is 0 Å². The number of aryl methyl sites for hydroxylation is 1. The first-order valence-corrected chi connectivity index (χ1v) is 11.4. The molecule has 2 aromatic rings. The van der Waals surface area contributed by atoms with Crippen molar-refractivity contribution in [2.24, 2.45) is 7.05 Å². The molecule has 178 valence electrons. The molecule has 0 aromatic carbocycles. The molecule has 11 heteroatoms. The van der Waals surface area contributed by atoms with E-state index in [-0.39, 0.29) is 30.1 Å². The predicted octanol–water partition coefficient (Wildman–Crippen LogP) is -0.218. The van der Waals surface area contributed by atoms with Crippen LogP contribution in [0.25, 0.3) is 0 Å². The van der Waals surface area contributed by atoms with E-state index in [1.165, 1.54) is 12.0 Å². The summed E-state index contributed by atoms with van der Waals surface area (Å²) in [6, 6.07) is 1.81. The Morgan fingerprint density at radius 1 is 1.21 bits per heavy atom. The van der Waals surface area contributed by atoms with E-state index in [4.69, 9.17) is 0 Å². The number of β-amino-alcohol motifs (C(OH)–C–C–N with tert-alkyl or cyclic N) is 1. The van der Waals surface area contributed by atoms with Gasteiger partial charge in [-0.05, 0) is 12.8 Å². The molecule has 2 aliphatic heterocycles. The number of aliphatic hydroxyl groups excluding tert-OH is 1. The summed E-state index contributed by atoms with van der Waals surface area (Å²) >= 11 is 0. The zero-order chi connectivity index (χ0) is 23.4. The maximum absolute atomic E-state index is 12.6. The number of amides is 2. The number of anilines is 1. The van der Waals surface area contributed by atoms with Crippen molar-refractivity contribution < 1.29 is 14.7 Å². The summed E-state index contributed by atoms with van der Waals surface area (Å²) in [5, 5.41) is 16.5. The van der Waals surface area contributed by atoms with Crippen molar-refractivity contribution in [1.29, 1.82) is 0 Å². The number of nitrogens with one attached hydrogen (secondary N) is 2. The van der Waals surface area contributed by atoms with Crippen LogP contribution < -0.4 is 10.6 Å². The average molecular weight is 457 g/mol. The van der Waals surface area contributed by atoms with Crippen LogP contribution in [0.1, 0.15) is 41.6 Å². The van der Waals surface area contributed by atoms with E-state index in [1.807, 2.05) is 22.8 Å². The molecule has 0 aliphatic carbocycles. The molecule has 33 heavy (non-hydrogen) atoms. The molecule has 0 spiro atoms. The van der Waals surface area contributed by atoms with Crippen LogP contribution in [0.4, 0.5) is 5.82 Å². The number of hydrogen-bond acceptors (Lipinski definition) is 8. The Balaban J connectivity index is 1.23. The predicted molar refractivity (Wildman–Crippen MR) is 121 cm³/mol. The first kappa shape index (κ1) is 23.1. The zero-order valence-corrected chi connectivity index (χ0v) is 19.2. The van der Waals surface area contributed by atoms with E-state index in [9.17, 15) is 14.7 Å². The number of fused-ring (bicyclic) bond motifs is 1. The number of nitrogens with zero attached hydrogens (tertiary/aromatic N) is 6. The highest BCUT2D eigenvalue weighted by Crippen LogP contribution is 2.17. The van der Waals surface area contributed by atoms with Gasteiger partial charge in [-0.1, -0.05) is 0 Å². The Kier molecular flexibility index (Phi) is 7.19. The van der Waals surface area contributed by atoms with E-state index >= 15 is 0 Å². The maximum Gasteiger partial charge on any atom is 0.270 e. The number of rotatable bonds is 7. The Morgan fingerprint density at radius 3 is 2.76 bits per heavy atom. The third kappa shape index (κ3) is 5.85. The van der Waals surface area contributed by atoms with Crippen LogP contribution in [-0.2, 0) is 24.8 Å². The summed E-state index contributed by atoms with van der Waals surface area (Å²) in [6.45, 7) is 5.20. The molecule has 1 fully saturated rings. The van der Waals surface area contributed by atoms with Gasteiger partial charge in [0.1, 0.15) is 17.8 Å². The highest BCUT2D eigenvalue weighted by Gasteiger charge is 2.23. The summed E-state index contributed by atoms with van der Waals surface area (Å²) in [5.74, 6) is 0.328. The van der Waals surface area contributed by atoms with Gasteiger partial charge >= 0.3 is 0 Å². The molecule has 4 heterocycles. The van der Waals surface area contributed by atoms with Gasteiger partial charge in [0.05, 0.1) is 23.8 Å². The van der Waals surface area contributed by atoms with Crippen LogP contribution in [0, 0.1) is 0 Å². The molecule has 2 aromatic heterocycles. The lowest BCUT2D eigenvalue weighted by Crippen LogP contribution is -2.42. The largest absolute Gasteiger partial charge is 0.390 e. The van der Waals surface area contributed by atoms with Crippen molar-refractivity contribution in [1.82, 2.24) is 34.6 Å². The summed E-state index contributed by atoms with van der Waals surface area (Å²) < 4.78 is 2.02. The lowest BCUT2D eigenvalue weighted by atomic mass is 10.1. The van der Waals surface area contributed by atoms with E-state index in [0.717, 1.165) is 38.0 Å². The van der Waals surface area contributed by atoms with Gasteiger partial charge in [-0.25, -0.2) is 15.0 Å². The third-order valence-electron chi connectivity index (χ3n) is 6.34. The second-order valence-electron chi connectivity index (χ2n) is 8.81. The molecule has 1 saturated heterocycles. The minimum absolute atomic E-state index is 0.0960. The molecule has 0 radical (unpaired) electrons. The summed E-state index contributed by atoms with van der Waals surface area (Å²) in [4.78, 5) is 40.7. The molecule has 0 bridgehead atoms. The topological polar surface area (TPSA) is 129 Å². The van der Waals surface area contributed by atoms with Crippen LogP contribution in [0.15, 0.2) is 18.7 Å². The van der Waals surface area contributed by atoms with Crippen molar-refractivity contribution >= 4 is 17.6 Å². The number of aliphatic hydroxyl groups is 1. The lowest BCUT2D eigenvalue weighted by Gasteiger charge is -2.31. The molecule has 4 rings (SSSR count). The number of carbonyl (C=O) groups is 2. The van der Waals surface area contributed by atoms with E-state index in [0.29, 0.717) is 25.5 Å². The monoisotopic (exact) mass is 456 g/mol. The van der Waals surface area contributed by atoms with Crippen molar-refractivity contribution in [2.75, 3.05) is 38.0 Å². The lowest BCUT2D eigenvalue weighted by molar-refractivity contribution is -0.129. The number of aromatic nitrogens is 4. The SMILES string of the molecule is CC(=O)N1CCC(Nc2cc(C(=O)NCC(O)CN3CCc4ncn(C)c4C3)ncn2)CC1. The molecular weight excluding hydrogens is 424 g/mol. The maximum atomic E-state index is 12.6. The van der Waals surface area contributed by atoms with E-state index < -0.39 is 6.10 Å². The number of carbonyl (C=O) groups excluding carboxylic acids is 2. The van der Waals surface area contributed by atoms with Gasteiger partial charge in [-0.2, -0.15) is 0 Å². The summed E-state index contributed by atoms with van der Waals surface area (Å²) in [6.07, 6.45) is 5.01. The van der Waals surface area contributed by atoms with Gasteiger partial charge < -0.3 is 25.2 Å². The van der Waals surface area contributed by atoms with Crippen LogP contribution in [-0.4, -0.2) is 91.1 Å². The van der Waals surface area contributed by atoms with Gasteiger partial charge in [0.2, 0.25) is 5.91 Å². The van der Waals surface area contributed by atoms with Crippen molar-refractivity contribution in [3.8, 4) is 0 Å². The molecule has 11 nitrogen and oxygen atoms in total. The fourth-order valence-electron chi connectivity index (χ4n) is 4.40. The quantitative estimate of drug-likeness (QED) is 0.522. The summed E-state index contributed by atoms with van der Waals surface area (Å²) in [7, 11) is 1.98. The zero-order valence-electron chi connectivity index (χ0n) is 19.2. The molecular formula is C22H32N8O3. The van der Waals surface area contributed by atoms with Crippen LogP contribution in [0.2, 0.25) is 0 Å². The fourth-order valence-corrected chi connectivity index (χ4v) is 4.40. The minimum Gasteiger partial charge on any atom is -0.390 e. The summed E-state index contributed by atoms with van der Waals surface area (Å²) in [5.41, 5.74) is 2.54. The highest BCUT2D eigenvalue weighted by atomic mass is 16.3.